The van der Waals surface area contributed by atoms with Gasteiger partial charge >= 0.3 is 0 Å². The quantitative estimate of drug-likeness (QED) is 0.293. The molecule has 0 rings (SSSR count). The fourth-order valence-electron chi connectivity index (χ4n) is 2.43. The molecule has 0 unspecified atom stereocenters. The molecule has 0 bridgehead atoms. The molecule has 0 aliphatic heterocycles. The Balaban J connectivity index is 2.90. The van der Waals surface area contributed by atoms with Crippen LogP contribution < -0.4 is 21.7 Å². The molecule has 0 fully saturated rings. The highest BCUT2D eigenvalue weighted by Gasteiger charge is 1.93. The summed E-state index contributed by atoms with van der Waals surface area (Å²) in [6.45, 7) is 6.52. The largest absolute Gasteiger partial charge is 0.330 e. The van der Waals surface area contributed by atoms with E-state index in [1.807, 2.05) is 7.05 Å². The Hall–Kier alpha value is -0.160. The van der Waals surface area contributed by atoms with Crippen LogP contribution in [0.1, 0.15) is 64.2 Å². The van der Waals surface area contributed by atoms with Gasteiger partial charge in [-0.25, -0.2) is 0 Å². The second kappa shape index (κ2) is 19.8. The van der Waals surface area contributed by atoms with Crippen LogP contribution >= 0.6 is 0 Å². The van der Waals surface area contributed by atoms with Crippen LogP contribution in [0.5, 0.6) is 0 Å². The summed E-state index contributed by atoms with van der Waals surface area (Å²) in [4.78, 5) is 0. The van der Waals surface area contributed by atoms with Crippen LogP contribution in [0.25, 0.3) is 0 Å². The van der Waals surface area contributed by atoms with Gasteiger partial charge in [0.2, 0.25) is 0 Å². The summed E-state index contributed by atoms with van der Waals surface area (Å²) in [6.07, 6.45) is 13.4. The lowest BCUT2D eigenvalue weighted by Gasteiger charge is -2.05. The molecular weight excluding hydrogens is 260 g/mol. The molecular formula is C17H40N4. The minimum Gasteiger partial charge on any atom is -0.330 e. The highest BCUT2D eigenvalue weighted by atomic mass is 14.9. The summed E-state index contributed by atoms with van der Waals surface area (Å²) in [6, 6.07) is 0. The first-order valence-corrected chi connectivity index (χ1v) is 9.18. The maximum atomic E-state index is 5.45. The third kappa shape index (κ3) is 19.8. The number of hydrogen-bond acceptors (Lipinski definition) is 4. The van der Waals surface area contributed by atoms with E-state index in [9.17, 15) is 0 Å². The second-order valence-electron chi connectivity index (χ2n) is 5.93. The van der Waals surface area contributed by atoms with Gasteiger partial charge in [0.15, 0.2) is 0 Å². The van der Waals surface area contributed by atoms with E-state index in [4.69, 9.17) is 5.73 Å². The zero-order chi connectivity index (χ0) is 15.4. The number of rotatable bonds is 18. The molecule has 0 aromatic rings. The molecule has 0 spiro atoms. The Kier molecular flexibility index (Phi) is 19.7. The van der Waals surface area contributed by atoms with Crippen molar-refractivity contribution in [3.63, 3.8) is 0 Å². The molecule has 0 heterocycles. The average molecular weight is 301 g/mol. The fourth-order valence-corrected chi connectivity index (χ4v) is 2.43. The SMILES string of the molecule is CNCCCNCCCCCCCCCCNCCCN. The standard InChI is InChI=1S/C17H40N4/c1-19-13-11-17-21-15-9-7-5-3-2-4-6-8-14-20-16-10-12-18/h19-21H,2-18H2,1H3. The molecule has 0 atom stereocenters. The van der Waals surface area contributed by atoms with E-state index in [2.05, 4.69) is 16.0 Å². The van der Waals surface area contributed by atoms with Crippen LogP contribution in [0.3, 0.4) is 0 Å². The maximum absolute atomic E-state index is 5.45. The van der Waals surface area contributed by atoms with Crippen molar-refractivity contribution in [1.29, 1.82) is 0 Å². The molecule has 4 heteroatoms. The van der Waals surface area contributed by atoms with E-state index in [1.54, 1.807) is 0 Å². The van der Waals surface area contributed by atoms with Crippen LogP contribution in [0.15, 0.2) is 0 Å². The van der Waals surface area contributed by atoms with Crippen LogP contribution in [0, 0.1) is 0 Å². The molecule has 0 saturated carbocycles. The lowest BCUT2D eigenvalue weighted by atomic mass is 10.1. The van der Waals surface area contributed by atoms with Crippen molar-refractivity contribution < 1.29 is 0 Å². The van der Waals surface area contributed by atoms with Crippen LogP contribution in [0.2, 0.25) is 0 Å². The minimum atomic E-state index is 0.804. The molecule has 0 aromatic heterocycles. The van der Waals surface area contributed by atoms with Gasteiger partial charge in [0.1, 0.15) is 0 Å². The molecule has 0 aliphatic carbocycles. The van der Waals surface area contributed by atoms with Crippen LogP contribution in [-0.2, 0) is 0 Å². The van der Waals surface area contributed by atoms with E-state index in [-0.39, 0.29) is 0 Å². The molecule has 0 amide bonds. The van der Waals surface area contributed by atoms with Gasteiger partial charge < -0.3 is 21.7 Å². The van der Waals surface area contributed by atoms with E-state index >= 15 is 0 Å². The summed E-state index contributed by atoms with van der Waals surface area (Å²) in [5.41, 5.74) is 5.45. The third-order valence-electron chi connectivity index (χ3n) is 3.80. The molecule has 128 valence electrons. The molecule has 0 aliphatic rings. The normalized spacial score (nSPS) is 11.1. The molecule has 0 aromatic carbocycles. The van der Waals surface area contributed by atoms with E-state index in [1.165, 1.54) is 70.9 Å². The summed E-state index contributed by atoms with van der Waals surface area (Å²) in [5.74, 6) is 0. The number of hydrogen-bond donors (Lipinski definition) is 4. The predicted molar refractivity (Wildman–Crippen MR) is 94.9 cm³/mol. The Bertz CT molecular complexity index is 158. The fraction of sp³-hybridized carbons (Fsp3) is 1.00. The Morgan fingerprint density at radius 3 is 1.43 bits per heavy atom. The van der Waals surface area contributed by atoms with Crippen molar-refractivity contribution in [2.45, 2.75) is 64.2 Å². The van der Waals surface area contributed by atoms with Crippen LogP contribution in [-0.4, -0.2) is 46.3 Å². The van der Waals surface area contributed by atoms with Crippen molar-refractivity contribution in [3.05, 3.63) is 0 Å². The monoisotopic (exact) mass is 300 g/mol. The highest BCUT2D eigenvalue weighted by molar-refractivity contribution is 4.53. The highest BCUT2D eigenvalue weighted by Crippen LogP contribution is 2.07. The van der Waals surface area contributed by atoms with Crippen LogP contribution in [0.4, 0.5) is 0 Å². The van der Waals surface area contributed by atoms with Crippen molar-refractivity contribution in [1.82, 2.24) is 16.0 Å². The Labute approximate surface area is 133 Å². The van der Waals surface area contributed by atoms with Gasteiger partial charge in [-0.3, -0.25) is 0 Å². The molecule has 5 N–H and O–H groups in total. The molecule has 0 radical (unpaired) electrons. The van der Waals surface area contributed by atoms with Gasteiger partial charge in [-0.15, -0.1) is 0 Å². The van der Waals surface area contributed by atoms with Gasteiger partial charge in [-0.2, -0.15) is 0 Å². The smallest absolute Gasteiger partial charge is 0.00368 e. The van der Waals surface area contributed by atoms with Gasteiger partial charge in [-0.05, 0) is 72.0 Å². The average Bonchev–Trinajstić information content (AvgIpc) is 2.50. The summed E-state index contributed by atoms with van der Waals surface area (Å²) < 4.78 is 0. The summed E-state index contributed by atoms with van der Waals surface area (Å²) >= 11 is 0. The number of nitrogens with one attached hydrogen (secondary N) is 3. The number of unbranched alkanes of at least 4 members (excludes halogenated alkanes) is 7. The lowest BCUT2D eigenvalue weighted by Crippen LogP contribution is -2.20. The zero-order valence-electron chi connectivity index (χ0n) is 14.4. The minimum absolute atomic E-state index is 0.804. The molecule has 21 heavy (non-hydrogen) atoms. The van der Waals surface area contributed by atoms with Gasteiger partial charge in [0.05, 0.1) is 0 Å². The van der Waals surface area contributed by atoms with E-state index in [0.29, 0.717) is 0 Å². The van der Waals surface area contributed by atoms with Crippen molar-refractivity contribution >= 4 is 0 Å². The van der Waals surface area contributed by atoms with Crippen molar-refractivity contribution in [3.8, 4) is 0 Å². The maximum Gasteiger partial charge on any atom is -0.00368 e. The first-order chi connectivity index (χ1) is 10.4. The van der Waals surface area contributed by atoms with E-state index in [0.717, 1.165) is 32.6 Å². The first kappa shape index (κ1) is 20.8. The van der Waals surface area contributed by atoms with Gasteiger partial charge in [0, 0.05) is 0 Å². The lowest BCUT2D eigenvalue weighted by molar-refractivity contribution is 0.535. The number of nitrogens with two attached hydrogens (primary N) is 1. The third-order valence-corrected chi connectivity index (χ3v) is 3.80. The summed E-state index contributed by atoms with van der Waals surface area (Å²) in [7, 11) is 2.01. The molecule has 4 nitrogen and oxygen atoms in total. The zero-order valence-corrected chi connectivity index (χ0v) is 14.4. The summed E-state index contributed by atoms with van der Waals surface area (Å²) in [5, 5.41) is 10.1. The first-order valence-electron chi connectivity index (χ1n) is 9.18. The van der Waals surface area contributed by atoms with Crippen molar-refractivity contribution in [2.75, 3.05) is 46.3 Å². The van der Waals surface area contributed by atoms with Gasteiger partial charge in [-0.1, -0.05) is 38.5 Å². The molecule has 0 saturated heterocycles. The van der Waals surface area contributed by atoms with Crippen molar-refractivity contribution in [2.24, 2.45) is 5.73 Å². The second-order valence-corrected chi connectivity index (χ2v) is 5.93. The Morgan fingerprint density at radius 2 is 0.952 bits per heavy atom. The Morgan fingerprint density at radius 1 is 0.524 bits per heavy atom. The topological polar surface area (TPSA) is 62.1 Å². The van der Waals surface area contributed by atoms with Gasteiger partial charge in [0.25, 0.3) is 0 Å². The van der Waals surface area contributed by atoms with E-state index < -0.39 is 0 Å². The predicted octanol–water partition coefficient (Wildman–Crippen LogP) is 2.24.